The van der Waals surface area contributed by atoms with E-state index in [9.17, 15) is 4.79 Å². The van der Waals surface area contributed by atoms with E-state index in [0.717, 1.165) is 17.7 Å². The van der Waals surface area contributed by atoms with Crippen LogP contribution in [-0.4, -0.2) is 44.0 Å². The number of carbonyl (C=O) groups excluding carboxylic acids is 1. The fraction of sp³-hybridized carbons (Fsp3) is 0.562. The minimum Gasteiger partial charge on any atom is -0.493 e. The molecule has 0 heterocycles. The van der Waals surface area contributed by atoms with Crippen molar-refractivity contribution >= 4 is 5.91 Å². The molecular formula is C16H25NO4. The van der Waals surface area contributed by atoms with Crippen molar-refractivity contribution < 1.29 is 19.4 Å². The van der Waals surface area contributed by atoms with Gasteiger partial charge in [0.2, 0.25) is 5.91 Å². The van der Waals surface area contributed by atoms with Crippen molar-refractivity contribution in [2.45, 2.75) is 26.7 Å². The van der Waals surface area contributed by atoms with Gasteiger partial charge in [-0.25, -0.2) is 0 Å². The third kappa shape index (κ3) is 7.11. The van der Waals surface area contributed by atoms with Crippen molar-refractivity contribution in [3.05, 3.63) is 29.3 Å². The lowest BCUT2D eigenvalue weighted by atomic mass is 10.1. The number of aryl methyl sites for hydroxylation is 1. The van der Waals surface area contributed by atoms with Crippen LogP contribution in [0.3, 0.4) is 0 Å². The first-order valence-corrected chi connectivity index (χ1v) is 7.29. The molecule has 0 aliphatic rings. The van der Waals surface area contributed by atoms with Crippen LogP contribution in [0.5, 0.6) is 5.75 Å². The van der Waals surface area contributed by atoms with Gasteiger partial charge in [0.25, 0.3) is 0 Å². The van der Waals surface area contributed by atoms with Crippen LogP contribution in [0.2, 0.25) is 0 Å². The molecular weight excluding hydrogens is 270 g/mol. The van der Waals surface area contributed by atoms with Gasteiger partial charge >= 0.3 is 0 Å². The molecule has 0 bridgehead atoms. The largest absolute Gasteiger partial charge is 0.493 e. The Bertz CT molecular complexity index is 434. The Kier molecular flexibility index (Phi) is 8.47. The molecule has 0 atom stereocenters. The lowest BCUT2D eigenvalue weighted by molar-refractivity contribution is -0.121. The van der Waals surface area contributed by atoms with E-state index >= 15 is 0 Å². The maximum Gasteiger partial charge on any atom is 0.223 e. The molecule has 0 aromatic heterocycles. The van der Waals surface area contributed by atoms with E-state index in [1.165, 1.54) is 5.56 Å². The van der Waals surface area contributed by atoms with Crippen molar-refractivity contribution in [1.29, 1.82) is 0 Å². The zero-order valence-corrected chi connectivity index (χ0v) is 12.9. The summed E-state index contributed by atoms with van der Waals surface area (Å²) in [4.78, 5) is 11.6. The normalized spacial score (nSPS) is 10.4. The minimum atomic E-state index is -0.0255. The lowest BCUT2D eigenvalue weighted by Gasteiger charge is -2.11. The Morgan fingerprint density at radius 1 is 1.24 bits per heavy atom. The molecule has 1 rings (SSSR count). The maximum absolute atomic E-state index is 11.6. The molecule has 0 saturated carbocycles. The van der Waals surface area contributed by atoms with Crippen LogP contribution in [0.4, 0.5) is 0 Å². The molecule has 5 nitrogen and oxygen atoms in total. The molecule has 0 saturated heterocycles. The standard InChI is InChI=1S/C16H25NO4/c1-13-5-3-6-15(14(13)2)21-11-7-16(19)17-8-4-10-20-12-9-18/h3,5-6,18H,4,7-12H2,1-2H3,(H,17,19). The topological polar surface area (TPSA) is 67.8 Å². The molecule has 5 heteroatoms. The number of rotatable bonds is 10. The van der Waals surface area contributed by atoms with Crippen LogP contribution in [0.15, 0.2) is 18.2 Å². The fourth-order valence-electron chi connectivity index (χ4n) is 1.79. The first-order chi connectivity index (χ1) is 10.1. The Balaban J connectivity index is 2.12. The quantitative estimate of drug-likeness (QED) is 0.643. The van der Waals surface area contributed by atoms with Gasteiger partial charge in [0, 0.05) is 13.2 Å². The Hall–Kier alpha value is -1.59. The number of aliphatic hydroxyl groups excluding tert-OH is 1. The van der Waals surface area contributed by atoms with Gasteiger partial charge < -0.3 is 19.9 Å². The number of amides is 1. The summed E-state index contributed by atoms with van der Waals surface area (Å²) in [5.41, 5.74) is 2.29. The van der Waals surface area contributed by atoms with E-state index in [1.54, 1.807) is 0 Å². The summed E-state index contributed by atoms with van der Waals surface area (Å²) in [6.07, 6.45) is 1.08. The van der Waals surface area contributed by atoms with Gasteiger partial charge in [0.05, 0.1) is 26.2 Å². The summed E-state index contributed by atoms with van der Waals surface area (Å²) < 4.78 is 10.7. The van der Waals surface area contributed by atoms with Crippen molar-refractivity contribution in [2.24, 2.45) is 0 Å². The molecule has 0 radical (unpaired) electrons. The van der Waals surface area contributed by atoms with Crippen LogP contribution < -0.4 is 10.1 Å². The summed E-state index contributed by atoms with van der Waals surface area (Å²) in [5.74, 6) is 0.808. The molecule has 2 N–H and O–H groups in total. The van der Waals surface area contributed by atoms with E-state index < -0.39 is 0 Å². The Morgan fingerprint density at radius 2 is 2.05 bits per heavy atom. The Labute approximate surface area is 126 Å². The zero-order chi connectivity index (χ0) is 15.5. The predicted octanol–water partition coefficient (Wildman–Crippen LogP) is 1.59. The fourth-order valence-corrected chi connectivity index (χ4v) is 1.79. The third-order valence-corrected chi connectivity index (χ3v) is 3.16. The molecule has 1 aromatic rings. The molecule has 0 aliphatic heterocycles. The highest BCUT2D eigenvalue weighted by molar-refractivity contribution is 5.75. The van der Waals surface area contributed by atoms with Crippen LogP contribution in [-0.2, 0) is 9.53 Å². The first-order valence-electron chi connectivity index (χ1n) is 7.29. The summed E-state index contributed by atoms with van der Waals surface area (Å²) in [7, 11) is 0. The van der Waals surface area contributed by atoms with Crippen molar-refractivity contribution in [2.75, 3.05) is 33.0 Å². The summed E-state index contributed by atoms with van der Waals surface area (Å²) in [6, 6.07) is 5.90. The second-order valence-electron chi connectivity index (χ2n) is 4.84. The number of hydrogen-bond acceptors (Lipinski definition) is 4. The summed E-state index contributed by atoms with van der Waals surface area (Å²) >= 11 is 0. The molecule has 1 aromatic carbocycles. The summed E-state index contributed by atoms with van der Waals surface area (Å²) in [6.45, 7) is 5.91. The minimum absolute atomic E-state index is 0.0255. The number of hydrogen-bond donors (Lipinski definition) is 2. The number of carbonyl (C=O) groups is 1. The highest BCUT2D eigenvalue weighted by Gasteiger charge is 2.04. The van der Waals surface area contributed by atoms with E-state index in [0.29, 0.717) is 32.8 Å². The number of aliphatic hydroxyl groups is 1. The second kappa shape index (κ2) is 10.2. The highest BCUT2D eigenvalue weighted by atomic mass is 16.5. The van der Waals surface area contributed by atoms with Gasteiger partial charge in [-0.3, -0.25) is 4.79 Å². The van der Waals surface area contributed by atoms with E-state index in [-0.39, 0.29) is 12.5 Å². The second-order valence-corrected chi connectivity index (χ2v) is 4.84. The van der Waals surface area contributed by atoms with E-state index in [4.69, 9.17) is 14.6 Å². The predicted molar refractivity (Wildman–Crippen MR) is 81.6 cm³/mol. The van der Waals surface area contributed by atoms with E-state index in [2.05, 4.69) is 5.32 Å². The summed E-state index contributed by atoms with van der Waals surface area (Å²) in [5, 5.41) is 11.3. The van der Waals surface area contributed by atoms with Gasteiger partial charge in [-0.05, 0) is 37.5 Å². The number of nitrogens with one attached hydrogen (secondary N) is 1. The van der Waals surface area contributed by atoms with Crippen LogP contribution in [0.1, 0.15) is 24.0 Å². The average Bonchev–Trinajstić information content (AvgIpc) is 2.47. The van der Waals surface area contributed by atoms with Gasteiger partial charge in [0.1, 0.15) is 5.75 Å². The SMILES string of the molecule is Cc1cccc(OCCC(=O)NCCCOCCO)c1C. The molecule has 1 amide bonds. The third-order valence-electron chi connectivity index (χ3n) is 3.16. The van der Waals surface area contributed by atoms with Crippen molar-refractivity contribution in [3.63, 3.8) is 0 Å². The monoisotopic (exact) mass is 295 g/mol. The van der Waals surface area contributed by atoms with Crippen LogP contribution >= 0.6 is 0 Å². The van der Waals surface area contributed by atoms with Crippen LogP contribution in [0, 0.1) is 13.8 Å². The lowest BCUT2D eigenvalue weighted by Crippen LogP contribution is -2.26. The van der Waals surface area contributed by atoms with E-state index in [1.807, 2.05) is 32.0 Å². The maximum atomic E-state index is 11.6. The van der Waals surface area contributed by atoms with Gasteiger partial charge in [-0.1, -0.05) is 12.1 Å². The van der Waals surface area contributed by atoms with Crippen molar-refractivity contribution in [3.8, 4) is 5.75 Å². The molecule has 21 heavy (non-hydrogen) atoms. The highest BCUT2D eigenvalue weighted by Crippen LogP contribution is 2.20. The molecule has 0 aliphatic carbocycles. The molecule has 0 unspecified atom stereocenters. The molecule has 118 valence electrons. The van der Waals surface area contributed by atoms with Gasteiger partial charge in [-0.15, -0.1) is 0 Å². The zero-order valence-electron chi connectivity index (χ0n) is 12.9. The number of ether oxygens (including phenoxy) is 2. The van der Waals surface area contributed by atoms with Gasteiger partial charge in [0.15, 0.2) is 0 Å². The van der Waals surface area contributed by atoms with Gasteiger partial charge in [-0.2, -0.15) is 0 Å². The molecule has 0 fully saturated rings. The molecule has 0 spiro atoms. The number of benzene rings is 1. The van der Waals surface area contributed by atoms with Crippen LogP contribution in [0.25, 0.3) is 0 Å². The average molecular weight is 295 g/mol. The van der Waals surface area contributed by atoms with Crippen molar-refractivity contribution in [1.82, 2.24) is 5.32 Å². The Morgan fingerprint density at radius 3 is 2.81 bits per heavy atom. The first kappa shape index (κ1) is 17.5. The smallest absolute Gasteiger partial charge is 0.223 e.